The molecule has 2 aromatic rings. The van der Waals surface area contributed by atoms with E-state index in [2.05, 4.69) is 10.1 Å². The number of nitrogens with two attached hydrogens (primary N) is 1. The van der Waals surface area contributed by atoms with Crippen molar-refractivity contribution < 1.29 is 4.52 Å². The van der Waals surface area contributed by atoms with Gasteiger partial charge in [0.1, 0.15) is 0 Å². The number of rotatable bonds is 5. The van der Waals surface area contributed by atoms with E-state index in [0.29, 0.717) is 17.5 Å². The smallest absolute Gasteiger partial charge is 0.246 e. The second-order valence-corrected chi connectivity index (χ2v) is 6.01. The molecular weight excluding hydrogens is 282 g/mol. The standard InChI is InChI=1S/C13H16ClN3OS/c1-3-13(2,15)12-16-11(17-18-12)8-19-10-6-4-9(14)5-7-10/h4-7H,3,8,15H2,1-2H3. The maximum atomic E-state index is 6.06. The Bertz CT molecular complexity index is 539. The lowest BCUT2D eigenvalue weighted by molar-refractivity contribution is 0.290. The normalized spacial score (nSPS) is 14.3. The molecule has 1 unspecified atom stereocenters. The summed E-state index contributed by atoms with van der Waals surface area (Å²) in [4.78, 5) is 5.45. The van der Waals surface area contributed by atoms with E-state index in [9.17, 15) is 0 Å². The fraction of sp³-hybridized carbons (Fsp3) is 0.385. The van der Waals surface area contributed by atoms with Crippen LogP contribution in [-0.4, -0.2) is 10.1 Å². The van der Waals surface area contributed by atoms with Gasteiger partial charge in [-0.2, -0.15) is 4.98 Å². The van der Waals surface area contributed by atoms with E-state index in [0.717, 1.165) is 16.3 Å². The van der Waals surface area contributed by atoms with Crippen LogP contribution in [0.25, 0.3) is 0 Å². The minimum Gasteiger partial charge on any atom is -0.337 e. The lowest BCUT2D eigenvalue weighted by Crippen LogP contribution is -2.32. The molecule has 0 aliphatic rings. The summed E-state index contributed by atoms with van der Waals surface area (Å²) in [5.41, 5.74) is 5.50. The quantitative estimate of drug-likeness (QED) is 0.854. The molecule has 0 saturated carbocycles. The second-order valence-electron chi connectivity index (χ2n) is 4.53. The van der Waals surface area contributed by atoms with Gasteiger partial charge < -0.3 is 10.3 Å². The van der Waals surface area contributed by atoms with Crippen molar-refractivity contribution in [2.24, 2.45) is 5.73 Å². The highest BCUT2D eigenvalue weighted by atomic mass is 35.5. The number of benzene rings is 1. The van der Waals surface area contributed by atoms with Gasteiger partial charge in [0.2, 0.25) is 5.89 Å². The van der Waals surface area contributed by atoms with Gasteiger partial charge in [-0.15, -0.1) is 11.8 Å². The van der Waals surface area contributed by atoms with Gasteiger partial charge in [0.25, 0.3) is 0 Å². The van der Waals surface area contributed by atoms with E-state index in [1.54, 1.807) is 11.8 Å². The third kappa shape index (κ3) is 3.72. The zero-order valence-electron chi connectivity index (χ0n) is 10.9. The topological polar surface area (TPSA) is 64.9 Å². The Morgan fingerprint density at radius 2 is 2.05 bits per heavy atom. The summed E-state index contributed by atoms with van der Waals surface area (Å²) in [7, 11) is 0. The molecule has 1 aromatic carbocycles. The Morgan fingerprint density at radius 1 is 1.37 bits per heavy atom. The molecule has 0 radical (unpaired) electrons. The van der Waals surface area contributed by atoms with Crippen LogP contribution < -0.4 is 5.73 Å². The summed E-state index contributed by atoms with van der Waals surface area (Å²) in [6.45, 7) is 3.88. The summed E-state index contributed by atoms with van der Waals surface area (Å²) < 4.78 is 5.21. The van der Waals surface area contributed by atoms with Crippen LogP contribution >= 0.6 is 23.4 Å². The predicted octanol–water partition coefficient (Wildman–Crippen LogP) is 3.60. The van der Waals surface area contributed by atoms with Gasteiger partial charge >= 0.3 is 0 Å². The molecule has 6 heteroatoms. The monoisotopic (exact) mass is 297 g/mol. The Kier molecular flexibility index (Phi) is 4.50. The SMILES string of the molecule is CCC(C)(N)c1nc(CSc2ccc(Cl)cc2)no1. The highest BCUT2D eigenvalue weighted by Gasteiger charge is 2.25. The molecule has 4 nitrogen and oxygen atoms in total. The number of hydrogen-bond donors (Lipinski definition) is 1. The van der Waals surface area contributed by atoms with Crippen molar-refractivity contribution in [2.75, 3.05) is 0 Å². The van der Waals surface area contributed by atoms with Gasteiger partial charge in [0.05, 0.1) is 11.3 Å². The molecule has 0 bridgehead atoms. The fourth-order valence-electron chi connectivity index (χ4n) is 1.37. The van der Waals surface area contributed by atoms with Crippen LogP contribution in [0.1, 0.15) is 32.0 Å². The molecule has 0 fully saturated rings. The van der Waals surface area contributed by atoms with Crippen LogP contribution in [-0.2, 0) is 11.3 Å². The molecule has 0 aliphatic carbocycles. The van der Waals surface area contributed by atoms with Crippen molar-refractivity contribution in [3.05, 3.63) is 41.0 Å². The molecular formula is C13H16ClN3OS. The van der Waals surface area contributed by atoms with Gasteiger partial charge in [0, 0.05) is 9.92 Å². The number of halogens is 1. The number of nitrogens with zero attached hydrogens (tertiary/aromatic N) is 2. The van der Waals surface area contributed by atoms with Crippen LogP contribution in [0.4, 0.5) is 0 Å². The molecule has 1 aromatic heterocycles. The zero-order valence-corrected chi connectivity index (χ0v) is 12.5. The van der Waals surface area contributed by atoms with Gasteiger partial charge in [-0.1, -0.05) is 23.7 Å². The molecule has 0 saturated heterocycles. The average Bonchev–Trinajstić information content (AvgIpc) is 2.88. The summed E-state index contributed by atoms with van der Waals surface area (Å²) in [5, 5.41) is 4.68. The van der Waals surface area contributed by atoms with Crippen molar-refractivity contribution in [2.45, 2.75) is 36.5 Å². The Balaban J connectivity index is 1.99. The number of aromatic nitrogens is 2. The van der Waals surface area contributed by atoms with Crippen LogP contribution in [0.15, 0.2) is 33.7 Å². The first-order valence-electron chi connectivity index (χ1n) is 6.01. The van der Waals surface area contributed by atoms with Crippen LogP contribution in [0, 0.1) is 0 Å². The van der Waals surface area contributed by atoms with E-state index in [1.165, 1.54) is 0 Å². The third-order valence-corrected chi connectivity index (χ3v) is 4.13. The molecule has 0 aliphatic heterocycles. The van der Waals surface area contributed by atoms with E-state index >= 15 is 0 Å². The molecule has 0 spiro atoms. The lowest BCUT2D eigenvalue weighted by Gasteiger charge is -2.16. The van der Waals surface area contributed by atoms with Crippen LogP contribution in [0.2, 0.25) is 5.02 Å². The highest BCUT2D eigenvalue weighted by molar-refractivity contribution is 7.98. The van der Waals surface area contributed by atoms with Crippen LogP contribution in [0.3, 0.4) is 0 Å². The summed E-state index contributed by atoms with van der Waals surface area (Å²) in [6.07, 6.45) is 0.749. The van der Waals surface area contributed by atoms with Gasteiger partial charge in [0.15, 0.2) is 5.82 Å². The number of hydrogen-bond acceptors (Lipinski definition) is 5. The first kappa shape index (κ1) is 14.4. The van der Waals surface area contributed by atoms with Crippen LogP contribution in [0.5, 0.6) is 0 Å². The second kappa shape index (κ2) is 5.94. The summed E-state index contributed by atoms with van der Waals surface area (Å²) >= 11 is 7.46. The Labute approximate surface area is 121 Å². The van der Waals surface area contributed by atoms with Crippen molar-refractivity contribution in [1.82, 2.24) is 10.1 Å². The molecule has 1 heterocycles. The van der Waals surface area contributed by atoms with E-state index in [4.69, 9.17) is 21.9 Å². The van der Waals surface area contributed by atoms with Gasteiger partial charge in [-0.05, 0) is 37.6 Å². The van der Waals surface area contributed by atoms with Crippen molar-refractivity contribution in [1.29, 1.82) is 0 Å². The van der Waals surface area contributed by atoms with Gasteiger partial charge in [-0.25, -0.2) is 0 Å². The first-order chi connectivity index (χ1) is 9.01. The molecule has 0 amide bonds. The predicted molar refractivity (Wildman–Crippen MR) is 77.1 cm³/mol. The first-order valence-corrected chi connectivity index (χ1v) is 7.38. The fourth-order valence-corrected chi connectivity index (χ4v) is 2.24. The minimum absolute atomic E-state index is 0.488. The van der Waals surface area contributed by atoms with Crippen molar-refractivity contribution in [3.63, 3.8) is 0 Å². The molecule has 1 atom stereocenters. The van der Waals surface area contributed by atoms with E-state index < -0.39 is 5.54 Å². The number of thioether (sulfide) groups is 1. The largest absolute Gasteiger partial charge is 0.337 e. The zero-order chi connectivity index (χ0) is 13.9. The molecule has 2 N–H and O–H groups in total. The Morgan fingerprint density at radius 3 is 2.68 bits per heavy atom. The average molecular weight is 298 g/mol. The van der Waals surface area contributed by atoms with E-state index in [-0.39, 0.29) is 0 Å². The van der Waals surface area contributed by atoms with Gasteiger partial charge in [-0.3, -0.25) is 0 Å². The lowest BCUT2D eigenvalue weighted by atomic mass is 10.0. The van der Waals surface area contributed by atoms with E-state index in [1.807, 2.05) is 38.1 Å². The van der Waals surface area contributed by atoms with Crippen molar-refractivity contribution >= 4 is 23.4 Å². The maximum Gasteiger partial charge on any atom is 0.246 e. The molecule has 19 heavy (non-hydrogen) atoms. The molecule has 2 rings (SSSR count). The minimum atomic E-state index is -0.559. The van der Waals surface area contributed by atoms with Crippen molar-refractivity contribution in [3.8, 4) is 0 Å². The summed E-state index contributed by atoms with van der Waals surface area (Å²) in [6, 6.07) is 7.65. The third-order valence-electron chi connectivity index (χ3n) is 2.87. The highest BCUT2D eigenvalue weighted by Crippen LogP contribution is 2.25. The summed E-state index contributed by atoms with van der Waals surface area (Å²) in [5.74, 6) is 1.78. The maximum absolute atomic E-state index is 6.06. The Hall–Kier alpha value is -1.04. The molecule has 102 valence electrons.